The van der Waals surface area contributed by atoms with Crippen LogP contribution in [0, 0.1) is 6.92 Å². The second-order valence-corrected chi connectivity index (χ2v) is 5.27. The van der Waals surface area contributed by atoms with Crippen LogP contribution in [0.1, 0.15) is 42.8 Å². The summed E-state index contributed by atoms with van der Waals surface area (Å²) in [4.78, 5) is 12.1. The van der Waals surface area contributed by atoms with E-state index in [2.05, 4.69) is 5.32 Å². The van der Waals surface area contributed by atoms with Crippen molar-refractivity contribution in [3.63, 3.8) is 0 Å². The van der Waals surface area contributed by atoms with E-state index in [1.165, 1.54) is 0 Å². The van der Waals surface area contributed by atoms with Gasteiger partial charge in [-0.15, -0.1) is 0 Å². The normalized spacial score (nSPS) is 11.8. The Morgan fingerprint density at radius 2 is 2.00 bits per heavy atom. The van der Waals surface area contributed by atoms with Crippen molar-refractivity contribution in [1.29, 1.82) is 0 Å². The third-order valence-electron chi connectivity index (χ3n) is 3.79. The third-order valence-corrected chi connectivity index (χ3v) is 3.79. The molecule has 0 unspecified atom stereocenters. The average molecular weight is 275 g/mol. The summed E-state index contributed by atoms with van der Waals surface area (Å²) in [5.74, 6) is -0.0145. The van der Waals surface area contributed by atoms with Gasteiger partial charge in [-0.2, -0.15) is 0 Å². The summed E-state index contributed by atoms with van der Waals surface area (Å²) in [7, 11) is 0. The summed E-state index contributed by atoms with van der Waals surface area (Å²) < 4.78 is 5.52. The van der Waals surface area contributed by atoms with Crippen molar-refractivity contribution in [3.05, 3.63) is 35.6 Å². The highest BCUT2D eigenvalue weighted by Crippen LogP contribution is 2.21. The van der Waals surface area contributed by atoms with E-state index < -0.39 is 5.60 Å². The molecule has 1 aromatic carbocycles. The van der Waals surface area contributed by atoms with E-state index in [-0.39, 0.29) is 18.2 Å². The van der Waals surface area contributed by atoms with Gasteiger partial charge in [0.25, 0.3) is 5.91 Å². The summed E-state index contributed by atoms with van der Waals surface area (Å²) in [5, 5.41) is 13.8. The first-order valence-electron chi connectivity index (χ1n) is 6.98. The van der Waals surface area contributed by atoms with Crippen LogP contribution in [0.5, 0.6) is 0 Å². The second kappa shape index (κ2) is 5.67. The highest BCUT2D eigenvalue weighted by Gasteiger charge is 2.23. The standard InChI is InChI=1S/C16H21NO3/c1-4-16(19,5-2)10-17-15(18)14-9-12-8-11(3)6-7-13(12)20-14/h6-9,19H,4-5,10H2,1-3H3,(H,17,18). The Morgan fingerprint density at radius 3 is 2.65 bits per heavy atom. The van der Waals surface area contributed by atoms with Gasteiger partial charge in [0.1, 0.15) is 5.58 Å². The predicted molar refractivity (Wildman–Crippen MR) is 78.8 cm³/mol. The molecule has 1 heterocycles. The molecule has 0 radical (unpaired) electrons. The van der Waals surface area contributed by atoms with Gasteiger partial charge in [-0.05, 0) is 38.0 Å². The zero-order valence-electron chi connectivity index (χ0n) is 12.2. The van der Waals surface area contributed by atoms with Crippen LogP contribution in [0.2, 0.25) is 0 Å². The number of benzene rings is 1. The van der Waals surface area contributed by atoms with E-state index in [4.69, 9.17) is 4.42 Å². The molecule has 0 saturated heterocycles. The highest BCUT2D eigenvalue weighted by atomic mass is 16.3. The Balaban J connectivity index is 2.11. The molecule has 1 aromatic heterocycles. The van der Waals surface area contributed by atoms with Crippen molar-refractivity contribution in [2.45, 2.75) is 39.2 Å². The number of hydrogen-bond acceptors (Lipinski definition) is 3. The molecular formula is C16H21NO3. The van der Waals surface area contributed by atoms with E-state index in [1.807, 2.05) is 39.0 Å². The van der Waals surface area contributed by atoms with E-state index in [1.54, 1.807) is 6.07 Å². The van der Waals surface area contributed by atoms with E-state index in [0.717, 1.165) is 10.9 Å². The molecule has 2 aromatic rings. The first-order valence-corrected chi connectivity index (χ1v) is 6.98. The molecule has 0 bridgehead atoms. The van der Waals surface area contributed by atoms with Gasteiger partial charge >= 0.3 is 0 Å². The van der Waals surface area contributed by atoms with Crippen molar-refractivity contribution in [2.24, 2.45) is 0 Å². The minimum absolute atomic E-state index is 0.231. The Morgan fingerprint density at radius 1 is 1.30 bits per heavy atom. The van der Waals surface area contributed by atoms with Crippen molar-refractivity contribution in [3.8, 4) is 0 Å². The molecule has 108 valence electrons. The van der Waals surface area contributed by atoms with Crippen LogP contribution in [0.25, 0.3) is 11.0 Å². The minimum Gasteiger partial charge on any atom is -0.451 e. The van der Waals surface area contributed by atoms with Crippen LogP contribution in [-0.2, 0) is 0 Å². The maximum atomic E-state index is 12.1. The van der Waals surface area contributed by atoms with Crippen LogP contribution < -0.4 is 5.32 Å². The molecule has 0 fully saturated rings. The predicted octanol–water partition coefficient (Wildman–Crippen LogP) is 3.02. The Bertz CT molecular complexity index is 611. The Hall–Kier alpha value is -1.81. The molecule has 4 nitrogen and oxygen atoms in total. The van der Waals surface area contributed by atoms with Crippen LogP contribution >= 0.6 is 0 Å². The zero-order chi connectivity index (χ0) is 14.8. The minimum atomic E-state index is -0.849. The molecule has 2 rings (SSSR count). The molecule has 0 spiro atoms. The van der Waals surface area contributed by atoms with E-state index in [9.17, 15) is 9.90 Å². The van der Waals surface area contributed by atoms with Crippen LogP contribution in [0.15, 0.2) is 28.7 Å². The zero-order valence-corrected chi connectivity index (χ0v) is 12.2. The van der Waals surface area contributed by atoms with Gasteiger partial charge in [0, 0.05) is 11.9 Å². The lowest BCUT2D eigenvalue weighted by molar-refractivity contribution is 0.0310. The molecule has 0 aliphatic carbocycles. The highest BCUT2D eigenvalue weighted by molar-refractivity contribution is 5.96. The van der Waals surface area contributed by atoms with Crippen molar-refractivity contribution < 1.29 is 14.3 Å². The number of carbonyl (C=O) groups is 1. The van der Waals surface area contributed by atoms with Crippen molar-refractivity contribution in [2.75, 3.05) is 6.54 Å². The molecule has 0 aliphatic heterocycles. The lowest BCUT2D eigenvalue weighted by Gasteiger charge is -2.24. The first kappa shape index (κ1) is 14.6. The third kappa shape index (κ3) is 3.02. The number of furan rings is 1. The summed E-state index contributed by atoms with van der Waals surface area (Å²) in [6.07, 6.45) is 1.20. The van der Waals surface area contributed by atoms with Gasteiger partial charge in [0.15, 0.2) is 5.76 Å². The molecule has 20 heavy (non-hydrogen) atoms. The largest absolute Gasteiger partial charge is 0.451 e. The molecule has 2 N–H and O–H groups in total. The molecule has 4 heteroatoms. The number of rotatable bonds is 5. The first-order chi connectivity index (χ1) is 9.47. The van der Waals surface area contributed by atoms with E-state index in [0.29, 0.717) is 18.4 Å². The number of hydrogen-bond donors (Lipinski definition) is 2. The maximum Gasteiger partial charge on any atom is 0.287 e. The second-order valence-electron chi connectivity index (χ2n) is 5.27. The van der Waals surface area contributed by atoms with Crippen LogP contribution in [0.4, 0.5) is 0 Å². The number of fused-ring (bicyclic) bond motifs is 1. The fourth-order valence-corrected chi connectivity index (χ4v) is 2.11. The van der Waals surface area contributed by atoms with Gasteiger partial charge in [0.2, 0.25) is 0 Å². The summed E-state index contributed by atoms with van der Waals surface area (Å²) >= 11 is 0. The Labute approximate surface area is 118 Å². The number of aliphatic hydroxyl groups is 1. The van der Waals surface area contributed by atoms with E-state index >= 15 is 0 Å². The average Bonchev–Trinajstić information content (AvgIpc) is 2.87. The smallest absolute Gasteiger partial charge is 0.287 e. The molecule has 0 saturated carbocycles. The summed E-state index contributed by atoms with van der Waals surface area (Å²) in [6.45, 7) is 6.03. The number of amides is 1. The Kier molecular flexibility index (Phi) is 4.14. The van der Waals surface area contributed by atoms with Gasteiger partial charge < -0.3 is 14.8 Å². The molecular weight excluding hydrogens is 254 g/mol. The SMILES string of the molecule is CCC(O)(CC)CNC(=O)c1cc2cc(C)ccc2o1. The molecule has 0 aliphatic rings. The van der Waals surface area contributed by atoms with Gasteiger partial charge in [0.05, 0.1) is 5.60 Å². The fourth-order valence-electron chi connectivity index (χ4n) is 2.11. The summed E-state index contributed by atoms with van der Waals surface area (Å²) in [5.41, 5.74) is 0.969. The fraction of sp³-hybridized carbons (Fsp3) is 0.438. The van der Waals surface area contributed by atoms with Gasteiger partial charge in [-0.3, -0.25) is 4.79 Å². The number of aryl methyl sites for hydroxylation is 1. The summed E-state index contributed by atoms with van der Waals surface area (Å²) in [6, 6.07) is 7.51. The lowest BCUT2D eigenvalue weighted by atomic mass is 9.97. The number of nitrogens with one attached hydrogen (secondary N) is 1. The van der Waals surface area contributed by atoms with Crippen molar-refractivity contribution >= 4 is 16.9 Å². The quantitative estimate of drug-likeness (QED) is 0.881. The maximum absolute atomic E-state index is 12.1. The van der Waals surface area contributed by atoms with Crippen LogP contribution in [0.3, 0.4) is 0 Å². The van der Waals surface area contributed by atoms with Crippen molar-refractivity contribution in [1.82, 2.24) is 5.32 Å². The topological polar surface area (TPSA) is 62.5 Å². The van der Waals surface area contributed by atoms with Gasteiger partial charge in [-0.25, -0.2) is 0 Å². The van der Waals surface area contributed by atoms with Crippen LogP contribution in [-0.4, -0.2) is 23.2 Å². The monoisotopic (exact) mass is 275 g/mol. The molecule has 1 amide bonds. The lowest BCUT2D eigenvalue weighted by Crippen LogP contribution is -2.41. The number of carbonyl (C=O) groups excluding carboxylic acids is 1. The van der Waals surface area contributed by atoms with Gasteiger partial charge in [-0.1, -0.05) is 25.5 Å². The molecule has 0 atom stereocenters.